The fourth-order valence-electron chi connectivity index (χ4n) is 5.80. The SMILES string of the molecule is CCCCN1CCN(c2c(C3CCC(C(C)(C)C)CC3)ccc3ccccc23)CC1. The molecule has 2 nitrogen and oxygen atoms in total. The van der Waals surface area contributed by atoms with Crippen molar-refractivity contribution in [1.29, 1.82) is 0 Å². The van der Waals surface area contributed by atoms with Crippen molar-refractivity contribution in [3.63, 3.8) is 0 Å². The van der Waals surface area contributed by atoms with Gasteiger partial charge in [-0.25, -0.2) is 0 Å². The van der Waals surface area contributed by atoms with E-state index in [4.69, 9.17) is 0 Å². The lowest BCUT2D eigenvalue weighted by Crippen LogP contribution is -2.47. The molecule has 2 heteroatoms. The Labute approximate surface area is 184 Å². The van der Waals surface area contributed by atoms with Crippen LogP contribution in [0.2, 0.25) is 0 Å². The summed E-state index contributed by atoms with van der Waals surface area (Å²) in [6, 6.07) is 13.9. The average Bonchev–Trinajstić information content (AvgIpc) is 2.77. The minimum atomic E-state index is 0.450. The van der Waals surface area contributed by atoms with Crippen LogP contribution in [0, 0.1) is 11.3 Å². The van der Waals surface area contributed by atoms with Gasteiger partial charge in [0.2, 0.25) is 0 Å². The van der Waals surface area contributed by atoms with Gasteiger partial charge in [-0.15, -0.1) is 0 Å². The van der Waals surface area contributed by atoms with Crippen LogP contribution in [-0.4, -0.2) is 37.6 Å². The van der Waals surface area contributed by atoms with Gasteiger partial charge in [0.05, 0.1) is 0 Å². The lowest BCUT2D eigenvalue weighted by atomic mass is 9.68. The van der Waals surface area contributed by atoms with Gasteiger partial charge < -0.3 is 4.90 Å². The van der Waals surface area contributed by atoms with E-state index in [0.29, 0.717) is 5.41 Å². The summed E-state index contributed by atoms with van der Waals surface area (Å²) in [7, 11) is 0. The van der Waals surface area contributed by atoms with Gasteiger partial charge in [0, 0.05) is 37.3 Å². The topological polar surface area (TPSA) is 6.48 Å². The van der Waals surface area contributed by atoms with Gasteiger partial charge in [0.25, 0.3) is 0 Å². The number of benzene rings is 2. The molecule has 1 aliphatic carbocycles. The maximum Gasteiger partial charge on any atom is 0.0482 e. The Hall–Kier alpha value is -1.54. The number of anilines is 1. The maximum atomic E-state index is 2.72. The number of rotatable bonds is 5. The molecule has 0 N–H and O–H groups in total. The molecule has 0 spiro atoms. The third-order valence-electron chi connectivity index (χ3n) is 7.84. The highest BCUT2D eigenvalue weighted by Gasteiger charge is 2.32. The first-order chi connectivity index (χ1) is 14.5. The first-order valence-electron chi connectivity index (χ1n) is 12.5. The lowest BCUT2D eigenvalue weighted by molar-refractivity contribution is 0.169. The van der Waals surface area contributed by atoms with Crippen molar-refractivity contribution in [2.75, 3.05) is 37.6 Å². The van der Waals surface area contributed by atoms with E-state index in [1.807, 2.05) is 0 Å². The molecule has 4 rings (SSSR count). The van der Waals surface area contributed by atoms with Crippen LogP contribution in [0.3, 0.4) is 0 Å². The van der Waals surface area contributed by atoms with E-state index in [2.05, 4.69) is 73.9 Å². The summed E-state index contributed by atoms with van der Waals surface area (Å²) in [5, 5.41) is 2.86. The molecule has 0 aromatic heterocycles. The van der Waals surface area contributed by atoms with Gasteiger partial charge >= 0.3 is 0 Å². The smallest absolute Gasteiger partial charge is 0.0482 e. The molecule has 1 heterocycles. The zero-order valence-corrected chi connectivity index (χ0v) is 19.8. The van der Waals surface area contributed by atoms with Crippen molar-refractivity contribution in [1.82, 2.24) is 4.90 Å². The molecule has 0 atom stereocenters. The maximum absolute atomic E-state index is 2.72. The molecule has 1 saturated carbocycles. The second-order valence-electron chi connectivity index (χ2n) is 10.8. The van der Waals surface area contributed by atoms with Crippen LogP contribution in [0.25, 0.3) is 10.8 Å². The molecule has 1 saturated heterocycles. The van der Waals surface area contributed by atoms with Gasteiger partial charge in [-0.1, -0.05) is 70.5 Å². The van der Waals surface area contributed by atoms with Gasteiger partial charge in [-0.05, 0) is 66.8 Å². The predicted octanol–water partition coefficient (Wildman–Crippen LogP) is 7.08. The van der Waals surface area contributed by atoms with Crippen LogP contribution in [0.4, 0.5) is 5.69 Å². The van der Waals surface area contributed by atoms with Crippen molar-refractivity contribution in [2.24, 2.45) is 11.3 Å². The number of unbranched alkanes of at least 4 members (excludes halogenated alkanes) is 1. The largest absolute Gasteiger partial charge is 0.368 e. The molecule has 2 aromatic carbocycles. The summed E-state index contributed by atoms with van der Waals surface area (Å²) in [5.74, 6) is 1.60. The van der Waals surface area contributed by atoms with Crippen molar-refractivity contribution >= 4 is 16.5 Å². The number of hydrogen-bond acceptors (Lipinski definition) is 2. The molecule has 2 fully saturated rings. The highest BCUT2D eigenvalue weighted by molar-refractivity contribution is 5.96. The molecular weight excluding hydrogens is 364 g/mol. The quantitative estimate of drug-likeness (QED) is 0.523. The second kappa shape index (κ2) is 9.30. The van der Waals surface area contributed by atoms with Crippen LogP contribution in [0.15, 0.2) is 36.4 Å². The summed E-state index contributed by atoms with van der Waals surface area (Å²) in [4.78, 5) is 5.38. The Kier molecular flexibility index (Phi) is 6.72. The summed E-state index contributed by atoms with van der Waals surface area (Å²) in [5.41, 5.74) is 3.64. The third-order valence-corrected chi connectivity index (χ3v) is 7.84. The highest BCUT2D eigenvalue weighted by atomic mass is 15.3. The van der Waals surface area contributed by atoms with E-state index in [1.54, 1.807) is 11.3 Å². The standard InChI is InChI=1S/C28H42N2/c1-5-6-17-29-18-20-30(21-19-29)27-25-10-8-7-9-22(25)13-16-26(27)23-11-14-24(15-12-23)28(2,3)4/h7-10,13,16,23-24H,5-6,11-12,14-15,17-21H2,1-4H3. The normalized spacial score (nSPS) is 23.8. The van der Waals surface area contributed by atoms with Gasteiger partial charge in [0.15, 0.2) is 0 Å². The molecule has 0 unspecified atom stereocenters. The van der Waals surface area contributed by atoms with E-state index >= 15 is 0 Å². The zero-order valence-electron chi connectivity index (χ0n) is 19.8. The van der Waals surface area contributed by atoms with Crippen LogP contribution in [0.1, 0.15) is 77.7 Å². The Morgan fingerprint density at radius 2 is 1.57 bits per heavy atom. The van der Waals surface area contributed by atoms with E-state index in [0.717, 1.165) is 11.8 Å². The summed E-state index contributed by atoms with van der Waals surface area (Å²) < 4.78 is 0. The Morgan fingerprint density at radius 1 is 0.867 bits per heavy atom. The van der Waals surface area contributed by atoms with Gasteiger partial charge in [0.1, 0.15) is 0 Å². The Morgan fingerprint density at radius 3 is 2.23 bits per heavy atom. The number of fused-ring (bicyclic) bond motifs is 1. The predicted molar refractivity (Wildman–Crippen MR) is 132 cm³/mol. The minimum absolute atomic E-state index is 0.450. The zero-order chi connectivity index (χ0) is 21.1. The van der Waals surface area contributed by atoms with Crippen LogP contribution in [0.5, 0.6) is 0 Å². The first-order valence-corrected chi connectivity index (χ1v) is 12.5. The molecule has 0 amide bonds. The molecule has 164 valence electrons. The van der Waals surface area contributed by atoms with E-state index < -0.39 is 0 Å². The lowest BCUT2D eigenvalue weighted by Gasteiger charge is -2.41. The summed E-state index contributed by atoms with van der Waals surface area (Å²) >= 11 is 0. The monoisotopic (exact) mass is 406 g/mol. The molecule has 2 aliphatic rings. The van der Waals surface area contributed by atoms with Crippen molar-refractivity contribution in [2.45, 2.75) is 72.1 Å². The fraction of sp³-hybridized carbons (Fsp3) is 0.643. The number of piperazine rings is 1. The second-order valence-corrected chi connectivity index (χ2v) is 10.8. The molecule has 1 aliphatic heterocycles. The van der Waals surface area contributed by atoms with Crippen LogP contribution < -0.4 is 4.90 Å². The Bertz CT molecular complexity index is 818. The van der Waals surface area contributed by atoms with Crippen molar-refractivity contribution < 1.29 is 0 Å². The molecule has 30 heavy (non-hydrogen) atoms. The molecule has 0 bridgehead atoms. The van der Waals surface area contributed by atoms with Crippen molar-refractivity contribution in [3.05, 3.63) is 42.0 Å². The van der Waals surface area contributed by atoms with E-state index in [-0.39, 0.29) is 0 Å². The third kappa shape index (κ3) is 4.69. The molecule has 0 radical (unpaired) electrons. The highest BCUT2D eigenvalue weighted by Crippen LogP contribution is 2.46. The summed E-state index contributed by atoms with van der Waals surface area (Å²) in [6.07, 6.45) is 8.09. The molecule has 2 aromatic rings. The Balaban J connectivity index is 1.59. The number of nitrogens with zero attached hydrogens (tertiary/aromatic N) is 2. The van der Waals surface area contributed by atoms with Crippen LogP contribution >= 0.6 is 0 Å². The first kappa shape index (κ1) is 21.7. The average molecular weight is 407 g/mol. The van der Waals surface area contributed by atoms with E-state index in [9.17, 15) is 0 Å². The minimum Gasteiger partial charge on any atom is -0.368 e. The molecular formula is C28H42N2. The van der Waals surface area contributed by atoms with Crippen LogP contribution in [-0.2, 0) is 0 Å². The summed E-state index contributed by atoms with van der Waals surface area (Å²) in [6.45, 7) is 15.6. The van der Waals surface area contributed by atoms with Gasteiger partial charge in [-0.2, -0.15) is 0 Å². The van der Waals surface area contributed by atoms with Gasteiger partial charge in [-0.3, -0.25) is 4.90 Å². The number of hydrogen-bond donors (Lipinski definition) is 0. The van der Waals surface area contributed by atoms with E-state index in [1.165, 1.54) is 82.0 Å². The fourth-order valence-corrected chi connectivity index (χ4v) is 5.80. The van der Waals surface area contributed by atoms with Crippen molar-refractivity contribution in [3.8, 4) is 0 Å².